The molecule has 1 aliphatic rings. The van der Waals surface area contributed by atoms with Gasteiger partial charge in [0, 0.05) is 24.2 Å². The first-order valence-corrected chi connectivity index (χ1v) is 9.56. The Morgan fingerprint density at radius 2 is 1.79 bits per heavy atom. The first-order chi connectivity index (χ1) is 13.5. The maximum Gasteiger partial charge on any atom is 0.123 e. The highest BCUT2D eigenvalue weighted by Crippen LogP contribution is 2.34. The van der Waals surface area contributed by atoms with Crippen LogP contribution < -0.4 is 0 Å². The molecule has 1 saturated heterocycles. The largest absolute Gasteiger partial charge is 0.508 e. The Bertz CT molecular complexity index is 924. The van der Waals surface area contributed by atoms with Crippen LogP contribution in [0.1, 0.15) is 30.4 Å². The van der Waals surface area contributed by atoms with Crippen molar-refractivity contribution in [1.29, 1.82) is 0 Å². The molecule has 28 heavy (non-hydrogen) atoms. The Hall–Kier alpha value is -2.70. The fourth-order valence-electron chi connectivity index (χ4n) is 3.93. The van der Waals surface area contributed by atoms with Gasteiger partial charge in [-0.2, -0.15) is 5.10 Å². The zero-order chi connectivity index (χ0) is 19.6. The standard InChI is InChI=1S/C22H24FN3O2/c23-19-6-4-18(5-7-19)22(28)10-1-12-26(13-11-22)15-17-14-24-25-21(17)16-2-8-20(27)9-3-16/h2-9,14,27-28H,1,10-13,15H2,(H,24,25). The molecule has 0 saturated carbocycles. The smallest absolute Gasteiger partial charge is 0.123 e. The molecule has 0 amide bonds. The van der Waals surface area contributed by atoms with E-state index in [0.717, 1.165) is 48.4 Å². The topological polar surface area (TPSA) is 72.4 Å². The number of aromatic hydroxyl groups is 1. The van der Waals surface area contributed by atoms with Crippen molar-refractivity contribution in [3.8, 4) is 17.0 Å². The van der Waals surface area contributed by atoms with Gasteiger partial charge in [0.1, 0.15) is 11.6 Å². The number of likely N-dealkylation sites (tertiary alicyclic amines) is 1. The number of hydrogen-bond acceptors (Lipinski definition) is 4. The highest BCUT2D eigenvalue weighted by atomic mass is 19.1. The fourth-order valence-corrected chi connectivity index (χ4v) is 3.93. The summed E-state index contributed by atoms with van der Waals surface area (Å²) in [5, 5.41) is 27.9. The Morgan fingerprint density at radius 1 is 1.04 bits per heavy atom. The first-order valence-electron chi connectivity index (χ1n) is 9.56. The second-order valence-electron chi connectivity index (χ2n) is 7.49. The maximum atomic E-state index is 13.2. The van der Waals surface area contributed by atoms with Crippen LogP contribution in [0.15, 0.2) is 54.7 Å². The number of phenolic OH excluding ortho intramolecular Hbond substituents is 1. The average molecular weight is 381 g/mol. The first kappa shape index (κ1) is 18.7. The second-order valence-corrected chi connectivity index (χ2v) is 7.49. The number of phenols is 1. The number of H-pyrrole nitrogens is 1. The lowest BCUT2D eigenvalue weighted by Crippen LogP contribution is -2.29. The van der Waals surface area contributed by atoms with E-state index in [0.29, 0.717) is 12.8 Å². The third kappa shape index (κ3) is 3.93. The zero-order valence-corrected chi connectivity index (χ0v) is 15.6. The van der Waals surface area contributed by atoms with Crippen LogP contribution in [-0.2, 0) is 12.1 Å². The highest BCUT2D eigenvalue weighted by Gasteiger charge is 2.32. The van der Waals surface area contributed by atoms with Gasteiger partial charge in [0.2, 0.25) is 0 Å². The van der Waals surface area contributed by atoms with Crippen molar-refractivity contribution < 1.29 is 14.6 Å². The normalized spacial score (nSPS) is 20.8. The predicted molar refractivity (Wildman–Crippen MR) is 105 cm³/mol. The summed E-state index contributed by atoms with van der Waals surface area (Å²) in [5.41, 5.74) is 2.86. The van der Waals surface area contributed by atoms with Crippen LogP contribution in [0.5, 0.6) is 5.75 Å². The molecule has 1 unspecified atom stereocenters. The molecule has 1 atom stereocenters. The monoisotopic (exact) mass is 381 g/mol. The number of hydrogen-bond donors (Lipinski definition) is 3. The summed E-state index contributed by atoms with van der Waals surface area (Å²) in [7, 11) is 0. The number of rotatable bonds is 4. The maximum absolute atomic E-state index is 13.2. The van der Waals surface area contributed by atoms with E-state index < -0.39 is 5.60 Å². The molecule has 0 spiro atoms. The molecule has 0 aliphatic carbocycles. The van der Waals surface area contributed by atoms with Crippen molar-refractivity contribution in [1.82, 2.24) is 15.1 Å². The molecule has 0 bridgehead atoms. The van der Waals surface area contributed by atoms with Crippen molar-refractivity contribution in [3.05, 3.63) is 71.7 Å². The molecule has 1 fully saturated rings. The van der Waals surface area contributed by atoms with E-state index in [2.05, 4.69) is 15.1 Å². The lowest BCUT2D eigenvalue weighted by Gasteiger charge is -2.27. The molecule has 0 radical (unpaired) electrons. The SMILES string of the molecule is Oc1ccc(-c2[nH]ncc2CN2CCCC(O)(c3ccc(F)cc3)CC2)cc1. The number of aliphatic hydroxyl groups is 1. The van der Waals surface area contributed by atoms with Gasteiger partial charge in [-0.15, -0.1) is 0 Å². The number of halogens is 1. The fraction of sp³-hybridized carbons (Fsp3) is 0.318. The Morgan fingerprint density at radius 3 is 2.54 bits per heavy atom. The molecule has 6 heteroatoms. The summed E-state index contributed by atoms with van der Waals surface area (Å²) in [6, 6.07) is 13.2. The van der Waals surface area contributed by atoms with Crippen LogP contribution in [0.3, 0.4) is 0 Å². The third-order valence-electron chi connectivity index (χ3n) is 5.56. The van der Waals surface area contributed by atoms with E-state index in [1.54, 1.807) is 24.3 Å². The number of nitrogens with one attached hydrogen (secondary N) is 1. The number of aromatic amines is 1. The van der Waals surface area contributed by atoms with E-state index in [4.69, 9.17) is 0 Å². The summed E-state index contributed by atoms with van der Waals surface area (Å²) >= 11 is 0. The van der Waals surface area contributed by atoms with Gasteiger partial charge < -0.3 is 10.2 Å². The lowest BCUT2D eigenvalue weighted by molar-refractivity contribution is 0.0209. The van der Waals surface area contributed by atoms with Crippen LogP contribution in [0.2, 0.25) is 0 Å². The molecule has 5 nitrogen and oxygen atoms in total. The van der Waals surface area contributed by atoms with Gasteiger partial charge in [-0.05, 0) is 67.8 Å². The van der Waals surface area contributed by atoms with Crippen molar-refractivity contribution in [2.45, 2.75) is 31.4 Å². The van der Waals surface area contributed by atoms with Gasteiger partial charge in [-0.25, -0.2) is 4.39 Å². The van der Waals surface area contributed by atoms with E-state index >= 15 is 0 Å². The van der Waals surface area contributed by atoms with Gasteiger partial charge in [0.15, 0.2) is 0 Å². The van der Waals surface area contributed by atoms with E-state index in [1.165, 1.54) is 12.1 Å². The van der Waals surface area contributed by atoms with E-state index in [9.17, 15) is 14.6 Å². The molecule has 3 N–H and O–H groups in total. The molecule has 1 aromatic heterocycles. The third-order valence-corrected chi connectivity index (χ3v) is 5.56. The number of nitrogens with zero attached hydrogens (tertiary/aromatic N) is 2. The summed E-state index contributed by atoms with van der Waals surface area (Å²) in [6.07, 6.45) is 3.95. The van der Waals surface area contributed by atoms with Crippen molar-refractivity contribution in [2.75, 3.05) is 13.1 Å². The van der Waals surface area contributed by atoms with Crippen molar-refractivity contribution >= 4 is 0 Å². The van der Waals surface area contributed by atoms with E-state index in [1.807, 2.05) is 18.3 Å². The molecule has 4 rings (SSSR count). The minimum atomic E-state index is -0.918. The van der Waals surface area contributed by atoms with Gasteiger partial charge in [-0.3, -0.25) is 10.00 Å². The summed E-state index contributed by atoms with van der Waals surface area (Å²) in [4.78, 5) is 2.32. The molecule has 146 valence electrons. The minimum Gasteiger partial charge on any atom is -0.508 e. The second kappa shape index (κ2) is 7.73. The Kier molecular flexibility index (Phi) is 5.15. The Labute approximate surface area is 163 Å². The molecular weight excluding hydrogens is 357 g/mol. The van der Waals surface area contributed by atoms with Gasteiger partial charge >= 0.3 is 0 Å². The van der Waals surface area contributed by atoms with Crippen molar-refractivity contribution in [2.24, 2.45) is 0 Å². The van der Waals surface area contributed by atoms with Crippen molar-refractivity contribution in [3.63, 3.8) is 0 Å². The minimum absolute atomic E-state index is 0.234. The quantitative estimate of drug-likeness (QED) is 0.643. The molecular formula is C22H24FN3O2. The lowest BCUT2D eigenvalue weighted by atomic mass is 9.87. The zero-order valence-electron chi connectivity index (χ0n) is 15.6. The van der Waals surface area contributed by atoms with Crippen LogP contribution >= 0.6 is 0 Å². The number of benzene rings is 2. The molecule has 1 aliphatic heterocycles. The Balaban J connectivity index is 1.47. The van der Waals surface area contributed by atoms with Gasteiger partial charge in [-0.1, -0.05) is 12.1 Å². The highest BCUT2D eigenvalue weighted by molar-refractivity contribution is 5.63. The summed E-state index contributed by atoms with van der Waals surface area (Å²) < 4.78 is 13.2. The summed E-state index contributed by atoms with van der Waals surface area (Å²) in [6.45, 7) is 2.35. The van der Waals surface area contributed by atoms with Gasteiger partial charge in [0.05, 0.1) is 17.5 Å². The van der Waals surface area contributed by atoms with E-state index in [-0.39, 0.29) is 11.6 Å². The average Bonchev–Trinajstić information content (AvgIpc) is 3.06. The molecule has 2 aromatic carbocycles. The number of aromatic nitrogens is 2. The van der Waals surface area contributed by atoms with Gasteiger partial charge in [0.25, 0.3) is 0 Å². The van der Waals surface area contributed by atoms with Crippen LogP contribution in [0, 0.1) is 5.82 Å². The van der Waals surface area contributed by atoms with Crippen LogP contribution in [-0.4, -0.2) is 38.4 Å². The molecule has 3 aromatic rings. The van der Waals surface area contributed by atoms with Crippen LogP contribution in [0.25, 0.3) is 11.3 Å². The van der Waals surface area contributed by atoms with Crippen LogP contribution in [0.4, 0.5) is 4.39 Å². The molecule has 2 heterocycles. The summed E-state index contributed by atoms with van der Waals surface area (Å²) in [5.74, 6) is -0.0540. The predicted octanol–water partition coefficient (Wildman–Crippen LogP) is 3.80.